The standard InChI is InChI=1S/C12H13ClN2O3/c1-2-7-5-10(7)14-12(16)8-3-4-9(13)11(6-8)15(17)18/h3-4,6-7,10H,2,5H2,1H3,(H,14,16). The van der Waals surface area contributed by atoms with Gasteiger partial charge in [0.25, 0.3) is 11.6 Å². The van der Waals surface area contributed by atoms with Crippen molar-refractivity contribution in [3.8, 4) is 0 Å². The van der Waals surface area contributed by atoms with Crippen LogP contribution in [0.15, 0.2) is 18.2 Å². The van der Waals surface area contributed by atoms with Gasteiger partial charge >= 0.3 is 0 Å². The predicted octanol–water partition coefficient (Wildman–Crippen LogP) is 2.78. The summed E-state index contributed by atoms with van der Waals surface area (Å²) < 4.78 is 0. The zero-order chi connectivity index (χ0) is 13.3. The van der Waals surface area contributed by atoms with Crippen molar-refractivity contribution in [1.82, 2.24) is 5.32 Å². The van der Waals surface area contributed by atoms with E-state index in [2.05, 4.69) is 12.2 Å². The smallest absolute Gasteiger partial charge is 0.288 e. The highest BCUT2D eigenvalue weighted by molar-refractivity contribution is 6.32. The summed E-state index contributed by atoms with van der Waals surface area (Å²) in [4.78, 5) is 22.0. The highest BCUT2D eigenvalue weighted by atomic mass is 35.5. The van der Waals surface area contributed by atoms with E-state index < -0.39 is 4.92 Å². The lowest BCUT2D eigenvalue weighted by Gasteiger charge is -2.04. The van der Waals surface area contributed by atoms with Gasteiger partial charge in [-0.1, -0.05) is 24.9 Å². The predicted molar refractivity (Wildman–Crippen MR) is 67.8 cm³/mol. The van der Waals surface area contributed by atoms with E-state index in [1.54, 1.807) is 0 Å². The number of amides is 1. The summed E-state index contributed by atoms with van der Waals surface area (Å²) in [6.45, 7) is 2.07. The van der Waals surface area contributed by atoms with Gasteiger partial charge in [-0.2, -0.15) is 0 Å². The Balaban J connectivity index is 2.11. The fraction of sp³-hybridized carbons (Fsp3) is 0.417. The molecule has 0 saturated heterocycles. The molecular formula is C12H13ClN2O3. The molecule has 1 aliphatic carbocycles. The van der Waals surface area contributed by atoms with Crippen LogP contribution in [0.2, 0.25) is 5.02 Å². The molecule has 0 heterocycles. The third-order valence-corrected chi connectivity index (χ3v) is 3.49. The van der Waals surface area contributed by atoms with Crippen LogP contribution < -0.4 is 5.32 Å². The van der Waals surface area contributed by atoms with Gasteiger partial charge in [0.2, 0.25) is 0 Å². The molecule has 0 aliphatic heterocycles. The molecule has 1 aromatic rings. The molecule has 1 fully saturated rings. The van der Waals surface area contributed by atoms with Crippen molar-refractivity contribution in [1.29, 1.82) is 0 Å². The van der Waals surface area contributed by atoms with Crippen LogP contribution in [0.1, 0.15) is 30.1 Å². The third-order valence-electron chi connectivity index (χ3n) is 3.17. The van der Waals surface area contributed by atoms with Crippen LogP contribution in [-0.4, -0.2) is 16.9 Å². The molecule has 5 nitrogen and oxygen atoms in total. The molecule has 0 aromatic heterocycles. The van der Waals surface area contributed by atoms with E-state index in [-0.39, 0.29) is 28.2 Å². The Morgan fingerprint density at radius 3 is 2.89 bits per heavy atom. The first-order chi connectivity index (χ1) is 8.52. The monoisotopic (exact) mass is 268 g/mol. The van der Waals surface area contributed by atoms with Gasteiger partial charge in [-0.25, -0.2) is 0 Å². The highest BCUT2D eigenvalue weighted by Gasteiger charge is 2.36. The van der Waals surface area contributed by atoms with Gasteiger partial charge in [0.1, 0.15) is 5.02 Å². The maximum Gasteiger partial charge on any atom is 0.288 e. The lowest BCUT2D eigenvalue weighted by Crippen LogP contribution is -2.26. The zero-order valence-corrected chi connectivity index (χ0v) is 10.6. The van der Waals surface area contributed by atoms with Crippen LogP contribution in [0.25, 0.3) is 0 Å². The second-order valence-electron chi connectivity index (χ2n) is 4.41. The van der Waals surface area contributed by atoms with Crippen molar-refractivity contribution in [2.75, 3.05) is 0 Å². The number of carbonyl (C=O) groups excluding carboxylic acids is 1. The first kappa shape index (κ1) is 12.8. The molecule has 96 valence electrons. The zero-order valence-electron chi connectivity index (χ0n) is 9.85. The molecule has 2 atom stereocenters. The van der Waals surface area contributed by atoms with Gasteiger partial charge in [-0.3, -0.25) is 14.9 Å². The number of hydrogen-bond donors (Lipinski definition) is 1. The summed E-state index contributed by atoms with van der Waals surface area (Å²) in [5, 5.41) is 13.6. The summed E-state index contributed by atoms with van der Waals surface area (Å²) in [6.07, 6.45) is 2.02. The number of nitrogens with zero attached hydrogens (tertiary/aromatic N) is 1. The Bertz CT molecular complexity index is 504. The maximum absolute atomic E-state index is 11.9. The largest absolute Gasteiger partial charge is 0.349 e. The van der Waals surface area contributed by atoms with Crippen molar-refractivity contribution >= 4 is 23.2 Å². The fourth-order valence-corrected chi connectivity index (χ4v) is 2.11. The number of carbonyl (C=O) groups is 1. The van der Waals surface area contributed by atoms with Gasteiger partial charge in [0.15, 0.2) is 0 Å². The minimum Gasteiger partial charge on any atom is -0.349 e. The van der Waals surface area contributed by atoms with Gasteiger partial charge in [0.05, 0.1) is 4.92 Å². The number of halogens is 1. The van der Waals surface area contributed by atoms with Crippen molar-refractivity contribution in [3.05, 3.63) is 38.9 Å². The van der Waals surface area contributed by atoms with E-state index in [0.717, 1.165) is 12.8 Å². The molecular weight excluding hydrogens is 256 g/mol. The summed E-state index contributed by atoms with van der Waals surface area (Å²) in [6, 6.07) is 4.28. The number of hydrogen-bond acceptors (Lipinski definition) is 3. The first-order valence-corrected chi connectivity index (χ1v) is 6.15. The molecule has 2 rings (SSSR count). The minimum atomic E-state index is -0.592. The number of nitro benzene ring substituents is 1. The second kappa shape index (κ2) is 4.94. The summed E-state index contributed by atoms with van der Waals surface area (Å²) >= 11 is 5.69. The van der Waals surface area contributed by atoms with Crippen LogP contribution in [0, 0.1) is 16.0 Å². The van der Waals surface area contributed by atoms with Crippen LogP contribution in [0.4, 0.5) is 5.69 Å². The molecule has 1 aromatic carbocycles. The average molecular weight is 269 g/mol. The normalized spacial score (nSPS) is 21.4. The van der Waals surface area contributed by atoms with Gasteiger partial charge < -0.3 is 5.32 Å². The molecule has 1 amide bonds. The van der Waals surface area contributed by atoms with Gasteiger partial charge in [0, 0.05) is 17.7 Å². The van der Waals surface area contributed by atoms with Crippen molar-refractivity contribution < 1.29 is 9.72 Å². The number of nitrogens with one attached hydrogen (secondary N) is 1. The lowest BCUT2D eigenvalue weighted by molar-refractivity contribution is -0.384. The molecule has 0 spiro atoms. The van der Waals surface area contributed by atoms with Gasteiger partial charge in [-0.15, -0.1) is 0 Å². The fourth-order valence-electron chi connectivity index (χ4n) is 1.92. The Hall–Kier alpha value is -1.62. The second-order valence-corrected chi connectivity index (χ2v) is 4.81. The van der Waals surface area contributed by atoms with Crippen LogP contribution in [-0.2, 0) is 0 Å². The quantitative estimate of drug-likeness (QED) is 0.674. The molecule has 1 saturated carbocycles. The number of rotatable bonds is 4. The number of nitro groups is 1. The minimum absolute atomic E-state index is 0.0365. The van der Waals surface area contributed by atoms with Crippen molar-refractivity contribution in [2.24, 2.45) is 5.92 Å². The van der Waals surface area contributed by atoms with E-state index in [9.17, 15) is 14.9 Å². The Labute approximate surface area is 109 Å². The Morgan fingerprint density at radius 1 is 1.61 bits per heavy atom. The van der Waals surface area contributed by atoms with Gasteiger partial charge in [-0.05, 0) is 24.5 Å². The Kier molecular flexibility index (Phi) is 3.52. The lowest BCUT2D eigenvalue weighted by atomic mass is 10.2. The number of benzene rings is 1. The van der Waals surface area contributed by atoms with Crippen molar-refractivity contribution in [2.45, 2.75) is 25.8 Å². The highest BCUT2D eigenvalue weighted by Crippen LogP contribution is 2.33. The molecule has 6 heteroatoms. The van der Waals surface area contributed by atoms with E-state index in [4.69, 9.17) is 11.6 Å². The van der Waals surface area contributed by atoms with E-state index in [1.165, 1.54) is 18.2 Å². The van der Waals surface area contributed by atoms with Crippen LogP contribution in [0.5, 0.6) is 0 Å². The molecule has 1 aliphatic rings. The average Bonchev–Trinajstić information content (AvgIpc) is 3.07. The van der Waals surface area contributed by atoms with Crippen molar-refractivity contribution in [3.63, 3.8) is 0 Å². The van der Waals surface area contributed by atoms with Crippen LogP contribution in [0.3, 0.4) is 0 Å². The molecule has 0 radical (unpaired) electrons. The SMILES string of the molecule is CCC1CC1NC(=O)c1ccc(Cl)c([N+](=O)[O-])c1. The van der Waals surface area contributed by atoms with E-state index >= 15 is 0 Å². The molecule has 18 heavy (non-hydrogen) atoms. The van der Waals surface area contributed by atoms with Crippen LogP contribution >= 0.6 is 11.6 Å². The Morgan fingerprint density at radius 2 is 2.33 bits per heavy atom. The maximum atomic E-state index is 11.9. The summed E-state index contributed by atoms with van der Waals surface area (Å²) in [5.41, 5.74) is 0.0278. The summed E-state index contributed by atoms with van der Waals surface area (Å²) in [5.74, 6) is 0.256. The first-order valence-electron chi connectivity index (χ1n) is 5.77. The third kappa shape index (κ3) is 2.61. The molecule has 0 bridgehead atoms. The summed E-state index contributed by atoms with van der Waals surface area (Å²) in [7, 11) is 0. The van der Waals surface area contributed by atoms with E-state index in [0.29, 0.717) is 5.92 Å². The van der Waals surface area contributed by atoms with E-state index in [1.807, 2.05) is 0 Å². The molecule has 2 unspecified atom stereocenters. The molecule has 1 N–H and O–H groups in total. The topological polar surface area (TPSA) is 72.2 Å².